The zero-order valence-corrected chi connectivity index (χ0v) is 18.5. The fourth-order valence-electron chi connectivity index (χ4n) is 3.77. The van der Waals surface area contributed by atoms with E-state index in [0.29, 0.717) is 31.9 Å². The zero-order chi connectivity index (χ0) is 19.9. The van der Waals surface area contributed by atoms with Crippen LogP contribution >= 0.6 is 24.8 Å². The lowest BCUT2D eigenvalue weighted by molar-refractivity contribution is -0.117. The predicted octanol–water partition coefficient (Wildman–Crippen LogP) is 2.79. The van der Waals surface area contributed by atoms with Crippen LogP contribution in [0.25, 0.3) is 0 Å². The first-order chi connectivity index (χ1) is 13.5. The molecule has 0 bridgehead atoms. The van der Waals surface area contributed by atoms with Crippen molar-refractivity contribution in [3.05, 3.63) is 24.0 Å². The van der Waals surface area contributed by atoms with Gasteiger partial charge in [-0.15, -0.1) is 24.8 Å². The number of hydrogen-bond donors (Lipinski definition) is 3. The highest BCUT2D eigenvalue weighted by molar-refractivity contribution is 5.94. The quantitative estimate of drug-likeness (QED) is 0.576. The molecule has 1 saturated heterocycles. The third kappa shape index (κ3) is 8.00. The van der Waals surface area contributed by atoms with E-state index in [1.54, 1.807) is 0 Å². The zero-order valence-electron chi connectivity index (χ0n) is 16.9. The highest BCUT2D eigenvalue weighted by Gasteiger charge is 2.26. The van der Waals surface area contributed by atoms with E-state index in [1.807, 2.05) is 0 Å². The highest BCUT2D eigenvalue weighted by atomic mass is 35.5. The van der Waals surface area contributed by atoms with Gasteiger partial charge in [0.2, 0.25) is 11.8 Å². The molecule has 1 saturated carbocycles. The van der Waals surface area contributed by atoms with Gasteiger partial charge in [0.15, 0.2) is 0 Å². The van der Waals surface area contributed by atoms with Gasteiger partial charge in [-0.3, -0.25) is 14.5 Å². The summed E-state index contributed by atoms with van der Waals surface area (Å²) in [5.74, 6) is -0.736. The minimum absolute atomic E-state index is 0. The van der Waals surface area contributed by atoms with E-state index in [0.717, 1.165) is 32.4 Å². The van der Waals surface area contributed by atoms with Gasteiger partial charge in [-0.05, 0) is 37.0 Å². The minimum Gasteiger partial charge on any atom is -0.379 e. The second-order valence-electron chi connectivity index (χ2n) is 7.55. The number of benzene rings is 1. The minimum atomic E-state index is -0.532. The molecular formula is C20H31Cl2FN4O3. The summed E-state index contributed by atoms with van der Waals surface area (Å²) in [6.45, 7) is 3.55. The molecular weight excluding hydrogens is 434 g/mol. The Bertz CT molecular complexity index is 705. The first-order valence-corrected chi connectivity index (χ1v) is 9.96. The van der Waals surface area contributed by atoms with E-state index in [4.69, 9.17) is 10.5 Å². The summed E-state index contributed by atoms with van der Waals surface area (Å²) in [7, 11) is 0. The van der Waals surface area contributed by atoms with Crippen LogP contribution in [0.3, 0.4) is 0 Å². The van der Waals surface area contributed by atoms with Crippen molar-refractivity contribution in [2.24, 2.45) is 11.7 Å². The van der Waals surface area contributed by atoms with Crippen LogP contribution in [0.4, 0.5) is 15.8 Å². The molecule has 2 atom stereocenters. The fourth-order valence-corrected chi connectivity index (χ4v) is 3.77. The van der Waals surface area contributed by atoms with Gasteiger partial charge in [0, 0.05) is 44.2 Å². The number of nitrogens with two attached hydrogens (primary N) is 1. The van der Waals surface area contributed by atoms with E-state index in [1.165, 1.54) is 18.2 Å². The van der Waals surface area contributed by atoms with Gasteiger partial charge >= 0.3 is 0 Å². The van der Waals surface area contributed by atoms with Gasteiger partial charge in [-0.2, -0.15) is 0 Å². The van der Waals surface area contributed by atoms with Gasteiger partial charge in [0.05, 0.1) is 18.9 Å². The summed E-state index contributed by atoms with van der Waals surface area (Å²) in [4.78, 5) is 26.6. The molecule has 0 unspecified atom stereocenters. The van der Waals surface area contributed by atoms with Gasteiger partial charge < -0.3 is 21.1 Å². The lowest BCUT2D eigenvalue weighted by Crippen LogP contribution is -2.38. The summed E-state index contributed by atoms with van der Waals surface area (Å²) in [5, 5.41) is 5.38. The molecule has 30 heavy (non-hydrogen) atoms. The number of hydrogen-bond acceptors (Lipinski definition) is 5. The maximum atomic E-state index is 14.1. The van der Waals surface area contributed by atoms with Crippen molar-refractivity contribution in [1.29, 1.82) is 0 Å². The fraction of sp³-hybridized carbons (Fsp3) is 0.600. The standard InChI is InChI=1S/C20H29FN4O3.2ClH/c21-16-5-4-15(23-20(27)12-14-2-1-3-17(14)22)13-18(16)24-19(26)6-7-25-8-10-28-11-9-25;;/h4-5,13-14,17H,1-3,6-12,22H2,(H,23,27)(H,24,26);2*1H/t14-,17+;;/m0../s1. The molecule has 1 heterocycles. The average Bonchev–Trinajstić information content (AvgIpc) is 3.08. The Hall–Kier alpha value is -1.45. The van der Waals surface area contributed by atoms with Crippen molar-refractivity contribution in [3.8, 4) is 0 Å². The number of halogens is 3. The van der Waals surface area contributed by atoms with Crippen molar-refractivity contribution in [2.75, 3.05) is 43.5 Å². The van der Waals surface area contributed by atoms with E-state index >= 15 is 0 Å². The second-order valence-corrected chi connectivity index (χ2v) is 7.55. The van der Waals surface area contributed by atoms with Gasteiger partial charge in [-0.25, -0.2) is 4.39 Å². The van der Waals surface area contributed by atoms with Crippen LogP contribution in [0.1, 0.15) is 32.1 Å². The van der Waals surface area contributed by atoms with Crippen molar-refractivity contribution >= 4 is 48.0 Å². The van der Waals surface area contributed by atoms with E-state index in [9.17, 15) is 14.0 Å². The first kappa shape index (κ1) is 26.6. The molecule has 2 amide bonds. The van der Waals surface area contributed by atoms with Crippen molar-refractivity contribution in [3.63, 3.8) is 0 Å². The molecule has 2 aliphatic rings. The molecule has 7 nitrogen and oxygen atoms in total. The average molecular weight is 465 g/mol. The maximum absolute atomic E-state index is 14.1. The molecule has 0 radical (unpaired) electrons. The van der Waals surface area contributed by atoms with Crippen LogP contribution < -0.4 is 16.4 Å². The topological polar surface area (TPSA) is 96.7 Å². The number of amides is 2. The molecule has 10 heteroatoms. The van der Waals surface area contributed by atoms with Gasteiger partial charge in [0.25, 0.3) is 0 Å². The predicted molar refractivity (Wildman–Crippen MR) is 120 cm³/mol. The van der Waals surface area contributed by atoms with Gasteiger partial charge in [0.1, 0.15) is 5.82 Å². The van der Waals surface area contributed by atoms with Crippen molar-refractivity contribution < 1.29 is 18.7 Å². The number of carbonyl (C=O) groups excluding carboxylic acids is 2. The number of anilines is 2. The number of nitrogens with one attached hydrogen (secondary N) is 2. The molecule has 4 N–H and O–H groups in total. The number of morpholine rings is 1. The Morgan fingerprint density at radius 2 is 1.87 bits per heavy atom. The molecule has 0 spiro atoms. The number of ether oxygens (including phenoxy) is 1. The van der Waals surface area contributed by atoms with Gasteiger partial charge in [-0.1, -0.05) is 6.42 Å². The Labute approximate surface area is 189 Å². The Kier molecular flexibility index (Phi) is 11.6. The number of nitrogens with zero attached hydrogens (tertiary/aromatic N) is 1. The van der Waals surface area contributed by atoms with E-state index in [2.05, 4.69) is 15.5 Å². The third-order valence-electron chi connectivity index (χ3n) is 5.45. The number of rotatable bonds is 7. The number of carbonyl (C=O) groups is 2. The third-order valence-corrected chi connectivity index (χ3v) is 5.45. The summed E-state index contributed by atoms with van der Waals surface area (Å²) >= 11 is 0. The van der Waals surface area contributed by atoms with Crippen LogP contribution in [-0.2, 0) is 14.3 Å². The normalized spacial score (nSPS) is 21.3. The summed E-state index contributed by atoms with van der Waals surface area (Å²) < 4.78 is 19.3. The molecule has 170 valence electrons. The summed E-state index contributed by atoms with van der Waals surface area (Å²) in [5.41, 5.74) is 6.55. The van der Waals surface area contributed by atoms with Crippen LogP contribution in [0.5, 0.6) is 0 Å². The van der Waals surface area contributed by atoms with E-state index < -0.39 is 5.82 Å². The maximum Gasteiger partial charge on any atom is 0.225 e. The Morgan fingerprint density at radius 3 is 2.53 bits per heavy atom. The molecule has 1 aromatic rings. The van der Waals surface area contributed by atoms with Crippen LogP contribution in [0, 0.1) is 11.7 Å². The molecule has 0 aromatic heterocycles. The lowest BCUT2D eigenvalue weighted by Gasteiger charge is -2.26. The van der Waals surface area contributed by atoms with Crippen LogP contribution in [-0.4, -0.2) is 55.6 Å². The highest BCUT2D eigenvalue weighted by Crippen LogP contribution is 2.27. The molecule has 1 aliphatic heterocycles. The smallest absolute Gasteiger partial charge is 0.225 e. The monoisotopic (exact) mass is 464 g/mol. The van der Waals surface area contributed by atoms with Crippen LogP contribution in [0.15, 0.2) is 18.2 Å². The SMILES string of the molecule is Cl.Cl.N[C@@H]1CCC[C@H]1CC(=O)Nc1ccc(F)c(NC(=O)CCN2CCOCC2)c1. The van der Waals surface area contributed by atoms with Crippen LogP contribution in [0.2, 0.25) is 0 Å². The molecule has 1 aliphatic carbocycles. The summed E-state index contributed by atoms with van der Waals surface area (Å²) in [6.07, 6.45) is 3.60. The Morgan fingerprint density at radius 1 is 1.13 bits per heavy atom. The van der Waals surface area contributed by atoms with Crippen molar-refractivity contribution in [2.45, 2.75) is 38.1 Å². The lowest BCUT2D eigenvalue weighted by atomic mass is 10.00. The van der Waals surface area contributed by atoms with E-state index in [-0.39, 0.29) is 60.7 Å². The largest absolute Gasteiger partial charge is 0.379 e. The molecule has 1 aromatic carbocycles. The summed E-state index contributed by atoms with van der Waals surface area (Å²) in [6, 6.07) is 4.26. The first-order valence-electron chi connectivity index (χ1n) is 9.96. The second kappa shape index (κ2) is 13.1. The molecule has 2 fully saturated rings. The molecule has 3 rings (SSSR count). The van der Waals surface area contributed by atoms with Crippen molar-refractivity contribution in [1.82, 2.24) is 4.90 Å². The Balaban J connectivity index is 0.00000225.